The number of anilines is 6. The molecule has 0 amide bonds. The summed E-state index contributed by atoms with van der Waals surface area (Å²) >= 11 is 0. The third kappa shape index (κ3) is 7.58. The molecule has 0 radical (unpaired) electrons. The lowest BCUT2D eigenvalue weighted by Crippen LogP contribution is -2.30. The number of fused-ring (bicyclic) bond motifs is 27. The summed E-state index contributed by atoms with van der Waals surface area (Å²) in [6, 6.07) is 130. The van der Waals surface area contributed by atoms with Crippen molar-refractivity contribution in [2.45, 2.75) is 61.2 Å². The van der Waals surface area contributed by atoms with E-state index in [0.29, 0.717) is 0 Å². The van der Waals surface area contributed by atoms with Gasteiger partial charge in [-0.2, -0.15) is 0 Å². The van der Waals surface area contributed by atoms with Crippen molar-refractivity contribution in [3.63, 3.8) is 0 Å². The summed E-state index contributed by atoms with van der Waals surface area (Å²) in [5.41, 5.74) is 42.6. The number of hydrogen-bond acceptors (Lipinski definition) is 2. The van der Waals surface area contributed by atoms with Crippen molar-refractivity contribution >= 4 is 34.1 Å². The summed E-state index contributed by atoms with van der Waals surface area (Å²) in [6.07, 6.45) is 4.81. The molecule has 1 fully saturated rings. The highest BCUT2D eigenvalue weighted by Gasteiger charge is 2.54. The lowest BCUT2D eigenvalue weighted by Gasteiger charge is -2.42. The first-order valence-corrected chi connectivity index (χ1v) is 36.6. The van der Waals surface area contributed by atoms with E-state index in [1.165, 1.54) is 199 Å². The van der Waals surface area contributed by atoms with Crippen molar-refractivity contribution in [3.8, 4) is 89.0 Å². The molecular formula is C100H70N2. The zero-order valence-corrected chi connectivity index (χ0v) is 57.1. The largest absolute Gasteiger partial charge is 0.310 e. The van der Waals surface area contributed by atoms with E-state index >= 15 is 0 Å². The number of hydrogen-bond donors (Lipinski definition) is 0. The van der Waals surface area contributed by atoms with Gasteiger partial charge in [0, 0.05) is 33.5 Å². The smallest absolute Gasteiger partial charge is 0.0726 e. The molecular weight excluding hydrogens is 1230 g/mol. The van der Waals surface area contributed by atoms with E-state index in [4.69, 9.17) is 0 Å². The van der Waals surface area contributed by atoms with E-state index in [0.717, 1.165) is 17.1 Å². The van der Waals surface area contributed by atoms with Gasteiger partial charge in [0.05, 0.1) is 27.9 Å². The topological polar surface area (TPSA) is 6.48 Å². The Kier molecular flexibility index (Phi) is 12.0. The number of nitrogens with zero attached hydrogens (tertiary/aromatic N) is 2. The van der Waals surface area contributed by atoms with Crippen molar-refractivity contribution in [2.75, 3.05) is 9.80 Å². The quantitative estimate of drug-likeness (QED) is 0.157. The fourth-order valence-electron chi connectivity index (χ4n) is 20.7. The van der Waals surface area contributed by atoms with E-state index in [9.17, 15) is 0 Å². The molecule has 0 unspecified atom stereocenters. The van der Waals surface area contributed by atoms with Gasteiger partial charge in [-0.05, 0) is 236 Å². The maximum absolute atomic E-state index is 2.60. The lowest BCUT2D eigenvalue weighted by atomic mass is 9.70. The van der Waals surface area contributed by atoms with Crippen molar-refractivity contribution in [1.82, 2.24) is 0 Å². The highest BCUT2D eigenvalue weighted by atomic mass is 15.2. The minimum atomic E-state index is -0.486. The first kappa shape index (κ1) is 57.8. The Balaban J connectivity index is 0.666. The molecule has 1 heterocycles. The average Bonchev–Trinajstić information content (AvgIpc) is 1.51. The molecule has 0 aromatic heterocycles. The molecule has 0 bridgehead atoms. The standard InChI is InChI=1S/C100H70N2/c1-97(2)92-59-65(47-54-95(92)102(68-24-4-3-5-25-68)96-55-48-67(60-93(96)97)66-46-51-80-77-32-11-19-39-87(77)99(90(80)58-66)83-35-15-7-28-73(83)74-29-8-16-36-84(74)99)63-42-44-64(45-43-63)71-26-13-21-41-94(71)101(69-49-52-79-72-27-6-14-34-82(72)98(89(79)61-69)56-22-23-57-98)70-50-53-81-78-33-12-20-40-88(78)100(91(81)62-70)85-37-17-9-30-75(85)76-31-10-18-38-86(76)100/h3-21,24-55,58-62H,22-23,56-57H2,1-2H3. The summed E-state index contributed by atoms with van der Waals surface area (Å²) in [6.45, 7) is 4.87. The van der Waals surface area contributed by atoms with Crippen molar-refractivity contribution in [3.05, 3.63) is 406 Å². The molecule has 7 aliphatic rings. The van der Waals surface area contributed by atoms with Crippen LogP contribution >= 0.6 is 0 Å². The molecule has 15 aromatic carbocycles. The predicted octanol–water partition coefficient (Wildman–Crippen LogP) is 25.8. The van der Waals surface area contributed by atoms with Gasteiger partial charge in [-0.3, -0.25) is 0 Å². The van der Waals surface area contributed by atoms with Crippen LogP contribution in [-0.4, -0.2) is 0 Å². The zero-order chi connectivity index (χ0) is 67.2. The molecule has 1 saturated carbocycles. The van der Waals surface area contributed by atoms with Crippen molar-refractivity contribution in [2.24, 2.45) is 0 Å². The molecule has 15 aromatic rings. The van der Waals surface area contributed by atoms with E-state index in [1.54, 1.807) is 0 Å². The molecule has 2 heteroatoms. The molecule has 1 aliphatic heterocycles. The number of para-hydroxylation sites is 2. The highest BCUT2D eigenvalue weighted by Crippen LogP contribution is 2.67. The molecule has 480 valence electrons. The number of rotatable bonds is 7. The van der Waals surface area contributed by atoms with Crippen LogP contribution in [0.4, 0.5) is 34.1 Å². The van der Waals surface area contributed by atoms with Gasteiger partial charge in [-0.1, -0.05) is 294 Å². The molecule has 2 nitrogen and oxygen atoms in total. The predicted molar refractivity (Wildman–Crippen MR) is 422 cm³/mol. The summed E-state index contributed by atoms with van der Waals surface area (Å²) in [4.78, 5) is 5.09. The van der Waals surface area contributed by atoms with Gasteiger partial charge in [0.1, 0.15) is 0 Å². The van der Waals surface area contributed by atoms with Crippen LogP contribution in [0.1, 0.15) is 106 Å². The van der Waals surface area contributed by atoms with Gasteiger partial charge in [0.15, 0.2) is 0 Å². The first-order chi connectivity index (χ1) is 50.3. The fourth-order valence-corrected chi connectivity index (χ4v) is 20.7. The highest BCUT2D eigenvalue weighted by molar-refractivity contribution is 6.00. The molecule has 0 atom stereocenters. The van der Waals surface area contributed by atoms with Crippen molar-refractivity contribution in [1.29, 1.82) is 0 Å². The van der Waals surface area contributed by atoms with Gasteiger partial charge >= 0.3 is 0 Å². The Bertz CT molecular complexity index is 5950. The monoisotopic (exact) mass is 1300 g/mol. The van der Waals surface area contributed by atoms with E-state index in [1.807, 2.05) is 0 Å². The Morgan fingerprint density at radius 1 is 0.245 bits per heavy atom. The van der Waals surface area contributed by atoms with Crippen LogP contribution in [0.15, 0.2) is 340 Å². The van der Waals surface area contributed by atoms with Crippen LogP contribution in [-0.2, 0) is 21.7 Å². The van der Waals surface area contributed by atoms with Crippen LogP contribution in [0.3, 0.4) is 0 Å². The average molecular weight is 1300 g/mol. The van der Waals surface area contributed by atoms with Crippen LogP contribution in [0, 0.1) is 0 Å². The Morgan fingerprint density at radius 2 is 0.569 bits per heavy atom. The fraction of sp³-hybridized carbons (Fsp3) is 0.100. The van der Waals surface area contributed by atoms with Crippen LogP contribution in [0.5, 0.6) is 0 Å². The Labute approximate surface area is 596 Å². The number of benzene rings is 15. The normalized spacial score (nSPS) is 15.7. The minimum Gasteiger partial charge on any atom is -0.310 e. The second kappa shape index (κ2) is 21.2. The molecule has 0 N–H and O–H groups in total. The maximum Gasteiger partial charge on any atom is 0.0726 e. The van der Waals surface area contributed by atoms with E-state index in [-0.39, 0.29) is 10.8 Å². The first-order valence-electron chi connectivity index (χ1n) is 36.6. The molecule has 3 spiro atoms. The molecule has 6 aliphatic carbocycles. The Hall–Kier alpha value is -12.1. The second-order valence-electron chi connectivity index (χ2n) is 30.0. The summed E-state index contributed by atoms with van der Waals surface area (Å²) < 4.78 is 0. The Morgan fingerprint density at radius 3 is 1.05 bits per heavy atom. The maximum atomic E-state index is 2.60. The lowest BCUT2D eigenvalue weighted by molar-refractivity contribution is 0.550. The second-order valence-corrected chi connectivity index (χ2v) is 30.0. The SMILES string of the molecule is CC1(C)c2cc(-c3ccc(-c4ccccc4N(c4ccc5c(c4)C4(CCCC4)c4ccccc4-5)c4ccc5c(c4)C4(c6ccccc6-c6ccccc64)c4ccccc4-5)cc3)ccc2N(c2ccccc2)c2ccc(-c3ccc4c(c3)C3(c5ccccc5-c5ccccc53)c3ccccc3-4)cc21. The van der Waals surface area contributed by atoms with E-state index in [2.05, 4.69) is 363 Å². The minimum absolute atomic E-state index is 0.000158. The third-order valence-corrected chi connectivity index (χ3v) is 25.0. The van der Waals surface area contributed by atoms with Crippen LogP contribution in [0.2, 0.25) is 0 Å². The van der Waals surface area contributed by atoms with E-state index < -0.39 is 10.8 Å². The zero-order valence-electron chi connectivity index (χ0n) is 57.1. The van der Waals surface area contributed by atoms with Crippen LogP contribution < -0.4 is 9.80 Å². The molecule has 102 heavy (non-hydrogen) atoms. The molecule has 22 rings (SSSR count). The summed E-state index contributed by atoms with van der Waals surface area (Å²) in [5.74, 6) is 0. The van der Waals surface area contributed by atoms with Crippen molar-refractivity contribution < 1.29 is 0 Å². The van der Waals surface area contributed by atoms with Crippen LogP contribution in [0.25, 0.3) is 89.0 Å². The van der Waals surface area contributed by atoms with Gasteiger partial charge in [-0.15, -0.1) is 0 Å². The summed E-state index contributed by atoms with van der Waals surface area (Å²) in [5, 5.41) is 0. The van der Waals surface area contributed by atoms with Gasteiger partial charge < -0.3 is 9.80 Å². The third-order valence-electron chi connectivity index (χ3n) is 25.0. The van der Waals surface area contributed by atoms with Gasteiger partial charge in [0.25, 0.3) is 0 Å². The van der Waals surface area contributed by atoms with Gasteiger partial charge in [-0.25, -0.2) is 0 Å². The molecule has 0 saturated heterocycles. The van der Waals surface area contributed by atoms with Gasteiger partial charge in [0.2, 0.25) is 0 Å². The summed E-state index contributed by atoms with van der Waals surface area (Å²) in [7, 11) is 0.